The summed E-state index contributed by atoms with van der Waals surface area (Å²) in [7, 11) is 0. The Morgan fingerprint density at radius 2 is 2.00 bits per heavy atom. The molecule has 1 amide bonds. The van der Waals surface area contributed by atoms with Crippen molar-refractivity contribution in [3.05, 3.63) is 69.1 Å². The smallest absolute Gasteiger partial charge is 0.325 e. The fourth-order valence-electron chi connectivity index (χ4n) is 3.98. The van der Waals surface area contributed by atoms with E-state index in [2.05, 4.69) is 0 Å². The Labute approximate surface area is 182 Å². The molecule has 156 valence electrons. The molecule has 0 saturated heterocycles. The van der Waals surface area contributed by atoms with Gasteiger partial charge in [-0.3, -0.25) is 9.59 Å². The topological polar surface area (TPSA) is 51.5 Å². The molecule has 0 spiro atoms. The molecular weight excluding hydrogens is 430 g/mol. The largest absolute Gasteiger partial charge is 0.465 e. The molecule has 0 atom stereocenters. The van der Waals surface area contributed by atoms with Gasteiger partial charge in [0.1, 0.15) is 12.4 Å². The van der Waals surface area contributed by atoms with Gasteiger partial charge in [0, 0.05) is 46.7 Å². The van der Waals surface area contributed by atoms with Gasteiger partial charge < -0.3 is 14.2 Å². The van der Waals surface area contributed by atoms with Crippen molar-refractivity contribution in [3.8, 4) is 0 Å². The lowest BCUT2D eigenvalue weighted by Gasteiger charge is -2.28. The number of esters is 1. The first-order valence-corrected chi connectivity index (χ1v) is 10.3. The number of carbonyl (C=O) groups is 2. The number of hydrogen-bond donors (Lipinski definition) is 0. The quantitative estimate of drug-likeness (QED) is 0.536. The molecule has 0 unspecified atom stereocenters. The molecule has 3 aromatic rings. The van der Waals surface area contributed by atoms with Crippen LogP contribution in [0.3, 0.4) is 0 Å². The second-order valence-corrected chi connectivity index (χ2v) is 7.93. The van der Waals surface area contributed by atoms with E-state index in [1.165, 1.54) is 12.1 Å². The SMILES string of the molecule is CCOC(=O)Cn1c2c(c3cc(F)cc(Cl)c31)CN(C(=O)c1cccc(Cl)c1)CC2. The lowest BCUT2D eigenvalue weighted by molar-refractivity contribution is -0.143. The highest BCUT2D eigenvalue weighted by Crippen LogP contribution is 2.36. The number of aromatic nitrogens is 1. The van der Waals surface area contributed by atoms with E-state index in [9.17, 15) is 14.0 Å². The van der Waals surface area contributed by atoms with Crippen molar-refractivity contribution < 1.29 is 18.7 Å². The molecule has 8 heteroatoms. The van der Waals surface area contributed by atoms with Crippen LogP contribution in [0.1, 0.15) is 28.5 Å². The first kappa shape index (κ1) is 20.7. The summed E-state index contributed by atoms with van der Waals surface area (Å²) in [5.74, 6) is -1.02. The van der Waals surface area contributed by atoms with Crippen molar-refractivity contribution in [3.63, 3.8) is 0 Å². The van der Waals surface area contributed by atoms with Gasteiger partial charge in [0.05, 0.1) is 17.1 Å². The Balaban J connectivity index is 1.76. The highest BCUT2D eigenvalue weighted by Gasteiger charge is 2.29. The molecule has 1 aliphatic rings. The predicted molar refractivity (Wildman–Crippen MR) is 113 cm³/mol. The summed E-state index contributed by atoms with van der Waals surface area (Å²) >= 11 is 12.4. The molecule has 1 aliphatic heterocycles. The van der Waals surface area contributed by atoms with Gasteiger partial charge in [0.25, 0.3) is 5.91 Å². The molecule has 30 heavy (non-hydrogen) atoms. The van der Waals surface area contributed by atoms with Crippen LogP contribution in [0.5, 0.6) is 0 Å². The maximum absolute atomic E-state index is 14.1. The van der Waals surface area contributed by atoms with Crippen LogP contribution in [-0.4, -0.2) is 34.5 Å². The molecule has 1 aromatic heterocycles. The van der Waals surface area contributed by atoms with Crippen molar-refractivity contribution in [2.75, 3.05) is 13.2 Å². The van der Waals surface area contributed by atoms with Crippen molar-refractivity contribution in [2.24, 2.45) is 0 Å². The molecule has 0 aliphatic carbocycles. The molecule has 0 bridgehead atoms. The van der Waals surface area contributed by atoms with Gasteiger partial charge in [0.15, 0.2) is 0 Å². The number of rotatable bonds is 4. The van der Waals surface area contributed by atoms with E-state index in [0.29, 0.717) is 34.5 Å². The fourth-order valence-corrected chi connectivity index (χ4v) is 4.48. The Kier molecular flexibility index (Phi) is 5.71. The lowest BCUT2D eigenvalue weighted by atomic mass is 10.0. The van der Waals surface area contributed by atoms with Crippen LogP contribution in [-0.2, 0) is 29.0 Å². The van der Waals surface area contributed by atoms with Gasteiger partial charge in [-0.05, 0) is 37.3 Å². The van der Waals surface area contributed by atoms with Crippen LogP contribution in [0.2, 0.25) is 10.0 Å². The zero-order valence-corrected chi connectivity index (χ0v) is 17.8. The van der Waals surface area contributed by atoms with E-state index >= 15 is 0 Å². The average molecular weight is 449 g/mol. The van der Waals surface area contributed by atoms with E-state index in [0.717, 1.165) is 11.3 Å². The number of carbonyl (C=O) groups excluding carboxylic acids is 2. The molecule has 2 heterocycles. The molecule has 0 fully saturated rings. The summed E-state index contributed by atoms with van der Waals surface area (Å²) in [6.07, 6.45) is 0.508. The zero-order valence-electron chi connectivity index (χ0n) is 16.3. The number of fused-ring (bicyclic) bond motifs is 3. The van der Waals surface area contributed by atoms with Crippen molar-refractivity contribution >= 4 is 46.0 Å². The molecule has 0 saturated carbocycles. The van der Waals surface area contributed by atoms with Crippen molar-refractivity contribution in [1.29, 1.82) is 0 Å². The van der Waals surface area contributed by atoms with Gasteiger partial charge in [-0.1, -0.05) is 29.3 Å². The number of ether oxygens (including phenoxy) is 1. The number of hydrogen-bond acceptors (Lipinski definition) is 3. The van der Waals surface area contributed by atoms with E-state index in [1.54, 1.807) is 40.7 Å². The highest BCUT2D eigenvalue weighted by molar-refractivity contribution is 6.35. The van der Waals surface area contributed by atoms with Gasteiger partial charge in [-0.25, -0.2) is 4.39 Å². The van der Waals surface area contributed by atoms with Crippen LogP contribution >= 0.6 is 23.2 Å². The summed E-state index contributed by atoms with van der Waals surface area (Å²) in [4.78, 5) is 26.9. The summed E-state index contributed by atoms with van der Waals surface area (Å²) in [6, 6.07) is 9.40. The standard InChI is InChI=1S/C22H19Cl2FN2O3/c1-2-30-20(28)12-27-19-6-7-26(22(29)13-4-3-5-14(23)8-13)11-17(19)16-9-15(25)10-18(24)21(16)27/h3-5,8-10H,2,6-7,11-12H2,1H3. The average Bonchev–Trinajstić information content (AvgIpc) is 3.00. The van der Waals surface area contributed by atoms with Gasteiger partial charge >= 0.3 is 5.97 Å². The van der Waals surface area contributed by atoms with E-state index in [1.807, 2.05) is 0 Å². The van der Waals surface area contributed by atoms with Crippen LogP contribution in [0, 0.1) is 5.82 Å². The molecular formula is C22H19Cl2FN2O3. The van der Waals surface area contributed by atoms with Gasteiger partial charge in [0.2, 0.25) is 0 Å². The van der Waals surface area contributed by atoms with E-state index in [4.69, 9.17) is 27.9 Å². The summed E-state index contributed by atoms with van der Waals surface area (Å²) in [6.45, 7) is 2.73. The molecule has 4 rings (SSSR count). The van der Waals surface area contributed by atoms with Crippen molar-refractivity contribution in [1.82, 2.24) is 9.47 Å². The fraction of sp³-hybridized carbons (Fsp3) is 0.273. The summed E-state index contributed by atoms with van der Waals surface area (Å²) in [5, 5.41) is 1.30. The highest BCUT2D eigenvalue weighted by atomic mass is 35.5. The summed E-state index contributed by atoms with van der Waals surface area (Å²) < 4.78 is 21.0. The van der Waals surface area contributed by atoms with Crippen LogP contribution in [0.15, 0.2) is 36.4 Å². The Morgan fingerprint density at radius 3 is 2.73 bits per heavy atom. The third-order valence-electron chi connectivity index (χ3n) is 5.22. The minimum atomic E-state index is -0.470. The van der Waals surface area contributed by atoms with Gasteiger partial charge in [-0.2, -0.15) is 0 Å². The van der Waals surface area contributed by atoms with Crippen LogP contribution in [0.4, 0.5) is 4.39 Å². The molecule has 0 N–H and O–H groups in total. The number of benzene rings is 2. The maximum Gasteiger partial charge on any atom is 0.325 e. The van der Waals surface area contributed by atoms with E-state index in [-0.39, 0.29) is 30.6 Å². The number of nitrogens with zero attached hydrogens (tertiary/aromatic N) is 2. The monoisotopic (exact) mass is 448 g/mol. The second-order valence-electron chi connectivity index (χ2n) is 7.09. The van der Waals surface area contributed by atoms with Crippen molar-refractivity contribution in [2.45, 2.75) is 26.4 Å². The zero-order chi connectivity index (χ0) is 21.4. The number of amides is 1. The van der Waals surface area contributed by atoms with Crippen LogP contribution < -0.4 is 0 Å². The third-order valence-corrected chi connectivity index (χ3v) is 5.74. The Hall–Kier alpha value is -2.57. The normalized spacial score (nSPS) is 13.4. The first-order valence-electron chi connectivity index (χ1n) is 9.58. The molecule has 2 aromatic carbocycles. The van der Waals surface area contributed by atoms with Crippen LogP contribution in [0.25, 0.3) is 10.9 Å². The van der Waals surface area contributed by atoms with Gasteiger partial charge in [-0.15, -0.1) is 0 Å². The second kappa shape index (κ2) is 8.28. The van der Waals surface area contributed by atoms with E-state index < -0.39 is 11.8 Å². The lowest BCUT2D eigenvalue weighted by Crippen LogP contribution is -2.36. The molecule has 0 radical (unpaired) electrons. The first-order chi connectivity index (χ1) is 14.4. The minimum absolute atomic E-state index is 0.0206. The third kappa shape index (κ3) is 3.77. The molecule has 5 nitrogen and oxygen atoms in total. The Bertz CT molecular complexity index is 1160. The predicted octanol–water partition coefficient (Wildman–Crippen LogP) is 4.85. The summed E-state index contributed by atoms with van der Waals surface area (Å²) in [5.41, 5.74) is 2.72. The number of halogens is 3. The Morgan fingerprint density at radius 1 is 1.20 bits per heavy atom. The minimum Gasteiger partial charge on any atom is -0.465 e. The maximum atomic E-state index is 14.1.